The van der Waals surface area contributed by atoms with Crippen LogP contribution >= 0.6 is 24.0 Å². The maximum atomic E-state index is 15.3. The summed E-state index contributed by atoms with van der Waals surface area (Å²) in [4.78, 5) is 27.1. The third kappa shape index (κ3) is 6.37. The summed E-state index contributed by atoms with van der Waals surface area (Å²) in [7, 11) is 0. The van der Waals surface area contributed by atoms with E-state index in [4.69, 9.17) is 4.74 Å². The highest BCUT2D eigenvalue weighted by Crippen LogP contribution is 2.61. The number of hydrogen-bond donors (Lipinski definition) is 1. The molecule has 44 heavy (non-hydrogen) atoms. The van der Waals surface area contributed by atoms with E-state index >= 15 is 4.39 Å². The van der Waals surface area contributed by atoms with E-state index in [-0.39, 0.29) is 54.4 Å². The van der Waals surface area contributed by atoms with Crippen molar-refractivity contribution in [3.8, 4) is 0 Å². The van der Waals surface area contributed by atoms with Gasteiger partial charge in [0.1, 0.15) is 17.0 Å². The SMILES string of the molecule is CC.CC12CN(Cc3ccc(C4(C(F)(F)F)CC4)cc3)CCC1(c1ccc3ncccc3c1F)O2.I.O=C1CCCC(=O)N1. The number of fused-ring (bicyclic) bond motifs is 2. The Morgan fingerprint density at radius 1 is 0.977 bits per heavy atom. The molecule has 1 aromatic heterocycles. The Balaban J connectivity index is 0.000000348. The van der Waals surface area contributed by atoms with Crippen molar-refractivity contribution in [3.63, 3.8) is 0 Å². The number of pyridine rings is 1. The standard InChI is InChI=1S/C26H24F4N2O.C5H7NO2.C2H6.HI/c1-23-16-32(15-17-4-6-18(7-5-17)24(10-11-24)26(28,29)30)14-12-25(23,33-23)20-8-9-21-19(22(20)27)3-2-13-31-21;7-4-2-1-3-5(8)6-4;1-2;/h2-9,13H,10-12,14-16H2,1H3;1-3H2,(H,6,7,8);1-2H3;1H. The smallest absolute Gasteiger partial charge is 0.356 e. The number of amides is 2. The summed E-state index contributed by atoms with van der Waals surface area (Å²) < 4.78 is 61.7. The average molecular weight is 728 g/mol. The Kier molecular flexibility index (Phi) is 10.1. The Labute approximate surface area is 271 Å². The summed E-state index contributed by atoms with van der Waals surface area (Å²) >= 11 is 0. The highest BCUT2D eigenvalue weighted by atomic mass is 127. The Morgan fingerprint density at radius 3 is 2.18 bits per heavy atom. The molecule has 2 amide bonds. The monoisotopic (exact) mass is 727 g/mol. The van der Waals surface area contributed by atoms with Crippen LogP contribution in [0, 0.1) is 5.82 Å². The molecule has 2 unspecified atom stereocenters. The summed E-state index contributed by atoms with van der Waals surface area (Å²) in [6.07, 6.45) is 0.165. The maximum Gasteiger partial charge on any atom is 0.398 e. The molecule has 0 radical (unpaired) electrons. The summed E-state index contributed by atoms with van der Waals surface area (Å²) in [5, 5.41) is 2.70. The minimum Gasteiger partial charge on any atom is -0.356 e. The van der Waals surface area contributed by atoms with Crippen molar-refractivity contribution in [2.24, 2.45) is 0 Å². The van der Waals surface area contributed by atoms with Crippen molar-refractivity contribution in [2.75, 3.05) is 13.1 Å². The zero-order valence-corrected chi connectivity index (χ0v) is 27.4. The predicted octanol–water partition coefficient (Wildman–Crippen LogP) is 7.32. The molecule has 2 atom stereocenters. The molecule has 1 N–H and O–H groups in total. The van der Waals surface area contributed by atoms with Crippen LogP contribution < -0.4 is 5.32 Å². The molecule has 1 saturated carbocycles. The van der Waals surface area contributed by atoms with E-state index in [1.807, 2.05) is 26.8 Å². The maximum absolute atomic E-state index is 15.3. The summed E-state index contributed by atoms with van der Waals surface area (Å²) in [5.74, 6) is -0.547. The number of ether oxygens (including phenoxy) is 1. The second-order valence-corrected chi connectivity index (χ2v) is 11.7. The van der Waals surface area contributed by atoms with Gasteiger partial charge in [-0.25, -0.2) is 4.39 Å². The van der Waals surface area contributed by atoms with Gasteiger partial charge in [-0.2, -0.15) is 13.2 Å². The topological polar surface area (TPSA) is 74.8 Å². The number of benzene rings is 2. The van der Waals surface area contributed by atoms with Crippen LogP contribution in [0.1, 0.15) is 76.0 Å². The first-order valence-electron chi connectivity index (χ1n) is 14.9. The molecule has 7 rings (SSSR count). The number of imide groups is 1. The number of nitrogens with one attached hydrogen (secondary N) is 1. The highest BCUT2D eigenvalue weighted by molar-refractivity contribution is 14.0. The van der Waals surface area contributed by atoms with Crippen LogP contribution in [-0.2, 0) is 31.9 Å². The number of alkyl halides is 3. The minimum absolute atomic E-state index is 0. The number of hydrogen-bond acceptors (Lipinski definition) is 5. The van der Waals surface area contributed by atoms with E-state index in [1.165, 1.54) is 0 Å². The lowest BCUT2D eigenvalue weighted by molar-refractivity contribution is -0.160. The van der Waals surface area contributed by atoms with Crippen LogP contribution in [0.2, 0.25) is 0 Å². The van der Waals surface area contributed by atoms with Gasteiger partial charge in [-0.15, -0.1) is 24.0 Å². The molecule has 4 heterocycles. The van der Waals surface area contributed by atoms with E-state index in [0.717, 1.165) is 5.56 Å². The van der Waals surface area contributed by atoms with E-state index in [0.29, 0.717) is 67.3 Å². The predicted molar refractivity (Wildman–Crippen MR) is 170 cm³/mol. The number of halogens is 5. The van der Waals surface area contributed by atoms with Crippen LogP contribution in [0.3, 0.4) is 0 Å². The molecular formula is C33H38F4IN3O3. The molecule has 1 aliphatic carbocycles. The first kappa shape index (κ1) is 34.2. The molecule has 4 aliphatic rings. The normalized spacial score (nSPS) is 25.2. The van der Waals surface area contributed by atoms with Crippen molar-refractivity contribution >= 4 is 46.7 Å². The lowest BCUT2D eigenvalue weighted by Gasteiger charge is -2.33. The Morgan fingerprint density at radius 2 is 1.64 bits per heavy atom. The van der Waals surface area contributed by atoms with E-state index in [1.54, 1.807) is 48.7 Å². The zero-order chi connectivity index (χ0) is 31.0. The molecule has 0 spiro atoms. The lowest BCUT2D eigenvalue weighted by Crippen LogP contribution is -2.44. The van der Waals surface area contributed by atoms with Crippen molar-refractivity contribution in [1.29, 1.82) is 0 Å². The van der Waals surface area contributed by atoms with Gasteiger partial charge in [0.25, 0.3) is 0 Å². The van der Waals surface area contributed by atoms with Crippen molar-refractivity contribution < 1.29 is 31.9 Å². The van der Waals surface area contributed by atoms with E-state index < -0.39 is 22.8 Å². The first-order valence-corrected chi connectivity index (χ1v) is 14.9. The molecular weight excluding hydrogens is 689 g/mol. The largest absolute Gasteiger partial charge is 0.398 e. The van der Waals surface area contributed by atoms with Gasteiger partial charge in [0.05, 0.1) is 10.9 Å². The van der Waals surface area contributed by atoms with Gasteiger partial charge in [0.15, 0.2) is 0 Å². The average Bonchev–Trinajstić information content (AvgIpc) is 3.89. The van der Waals surface area contributed by atoms with Crippen molar-refractivity contribution in [3.05, 3.63) is 77.2 Å². The van der Waals surface area contributed by atoms with Gasteiger partial charge in [0, 0.05) is 49.6 Å². The number of piperidine rings is 2. The van der Waals surface area contributed by atoms with Gasteiger partial charge in [-0.05, 0) is 61.9 Å². The molecule has 6 nitrogen and oxygen atoms in total. The fourth-order valence-corrected chi connectivity index (χ4v) is 6.43. The van der Waals surface area contributed by atoms with Crippen LogP contribution in [0.25, 0.3) is 10.9 Å². The van der Waals surface area contributed by atoms with Crippen LogP contribution in [0.5, 0.6) is 0 Å². The van der Waals surface area contributed by atoms with E-state index in [2.05, 4.69) is 15.2 Å². The number of carbonyl (C=O) groups is 2. The van der Waals surface area contributed by atoms with Gasteiger partial charge in [-0.3, -0.25) is 24.8 Å². The van der Waals surface area contributed by atoms with Crippen molar-refractivity contribution in [2.45, 2.75) is 88.6 Å². The van der Waals surface area contributed by atoms with Crippen LogP contribution in [0.15, 0.2) is 54.7 Å². The Hall–Kier alpha value is -2.64. The number of carbonyl (C=O) groups excluding carboxylic acids is 2. The molecule has 3 aliphatic heterocycles. The minimum atomic E-state index is -4.20. The van der Waals surface area contributed by atoms with Gasteiger partial charge in [0.2, 0.25) is 11.8 Å². The van der Waals surface area contributed by atoms with E-state index in [9.17, 15) is 22.8 Å². The summed E-state index contributed by atoms with van der Waals surface area (Å²) in [6, 6.07) is 13.9. The molecule has 4 fully saturated rings. The molecule has 2 aromatic carbocycles. The summed E-state index contributed by atoms with van der Waals surface area (Å²) in [5.41, 5.74) is -0.270. The fourth-order valence-electron chi connectivity index (χ4n) is 6.43. The first-order chi connectivity index (χ1) is 20.5. The number of epoxide rings is 1. The number of aromatic nitrogens is 1. The number of nitrogens with zero attached hydrogens (tertiary/aromatic N) is 2. The highest BCUT2D eigenvalue weighted by Gasteiger charge is 2.70. The van der Waals surface area contributed by atoms with Crippen LogP contribution in [-0.4, -0.2) is 46.6 Å². The zero-order valence-electron chi connectivity index (χ0n) is 25.1. The number of rotatable bonds is 4. The molecule has 238 valence electrons. The second-order valence-electron chi connectivity index (χ2n) is 11.7. The molecule has 11 heteroatoms. The fraction of sp³-hybridized carbons (Fsp3) is 0.485. The molecule has 3 aromatic rings. The number of likely N-dealkylation sites (tertiary alicyclic amines) is 1. The molecule has 0 bridgehead atoms. The van der Waals surface area contributed by atoms with Gasteiger partial charge in [-0.1, -0.05) is 44.2 Å². The third-order valence-corrected chi connectivity index (χ3v) is 8.96. The third-order valence-electron chi connectivity index (χ3n) is 8.96. The second kappa shape index (κ2) is 13.0. The molecule has 3 saturated heterocycles. The van der Waals surface area contributed by atoms with Crippen LogP contribution in [0.4, 0.5) is 17.6 Å². The van der Waals surface area contributed by atoms with Gasteiger partial charge >= 0.3 is 6.18 Å². The van der Waals surface area contributed by atoms with Gasteiger partial charge < -0.3 is 4.74 Å². The van der Waals surface area contributed by atoms with Crippen molar-refractivity contribution in [1.82, 2.24) is 15.2 Å². The quantitative estimate of drug-likeness (QED) is 0.132. The Bertz CT molecular complexity index is 1500. The summed E-state index contributed by atoms with van der Waals surface area (Å²) in [6.45, 7) is 7.98. The lowest BCUT2D eigenvalue weighted by atomic mass is 9.80.